The molecule has 2 atom stereocenters. The van der Waals surface area contributed by atoms with E-state index in [1.165, 1.54) is 5.69 Å². The molecule has 0 saturated carbocycles. The number of hydrogen-bond donors (Lipinski definition) is 2. The summed E-state index contributed by atoms with van der Waals surface area (Å²) >= 11 is 0. The topological polar surface area (TPSA) is 49.5 Å². The Balaban J connectivity index is 2.13. The van der Waals surface area contributed by atoms with Crippen molar-refractivity contribution in [3.63, 3.8) is 0 Å². The minimum absolute atomic E-state index is 0.0436. The molecular weight excluding hydrogens is 224 g/mol. The van der Waals surface area contributed by atoms with E-state index in [-0.39, 0.29) is 17.6 Å². The second-order valence-electron chi connectivity index (χ2n) is 6.09. The monoisotopic (exact) mass is 248 g/mol. The molecule has 18 heavy (non-hydrogen) atoms. The highest BCUT2D eigenvalue weighted by molar-refractivity contribution is 5.48. The van der Waals surface area contributed by atoms with Crippen LogP contribution >= 0.6 is 0 Å². The lowest BCUT2D eigenvalue weighted by atomic mass is 9.81. The number of nitrogens with zero attached hydrogens (tertiary/aromatic N) is 1. The lowest BCUT2D eigenvalue weighted by Crippen LogP contribution is -2.48. The lowest BCUT2D eigenvalue weighted by Gasteiger charge is -2.43. The summed E-state index contributed by atoms with van der Waals surface area (Å²) in [6.07, 6.45) is 0.638. The Morgan fingerprint density at radius 2 is 1.94 bits per heavy atom. The van der Waals surface area contributed by atoms with Gasteiger partial charge in [0.2, 0.25) is 0 Å². The van der Waals surface area contributed by atoms with Gasteiger partial charge >= 0.3 is 0 Å². The molecule has 0 spiro atoms. The van der Waals surface area contributed by atoms with E-state index in [1.807, 2.05) is 6.92 Å². The van der Waals surface area contributed by atoms with E-state index in [2.05, 4.69) is 43.0 Å². The molecule has 3 N–H and O–H groups in total. The van der Waals surface area contributed by atoms with Crippen LogP contribution in [-0.4, -0.2) is 24.3 Å². The van der Waals surface area contributed by atoms with Gasteiger partial charge in [-0.1, -0.05) is 26.0 Å². The Bertz CT molecular complexity index is 397. The first-order valence-electron chi connectivity index (χ1n) is 6.69. The molecule has 1 aromatic rings. The molecule has 0 bridgehead atoms. The van der Waals surface area contributed by atoms with Crippen LogP contribution in [0.3, 0.4) is 0 Å². The van der Waals surface area contributed by atoms with Crippen LogP contribution < -0.4 is 10.6 Å². The van der Waals surface area contributed by atoms with Crippen molar-refractivity contribution in [3.05, 3.63) is 29.8 Å². The SMILES string of the molecule is CC(N)c1ccc(N2CCC(O)C(C)(C)C2)cc1. The Morgan fingerprint density at radius 3 is 2.44 bits per heavy atom. The second-order valence-corrected chi connectivity index (χ2v) is 6.09. The molecular formula is C15H24N2O. The molecule has 1 aromatic carbocycles. The van der Waals surface area contributed by atoms with E-state index >= 15 is 0 Å². The zero-order valence-corrected chi connectivity index (χ0v) is 11.6. The Morgan fingerprint density at radius 1 is 1.33 bits per heavy atom. The van der Waals surface area contributed by atoms with Crippen molar-refractivity contribution in [2.45, 2.75) is 39.3 Å². The number of piperidine rings is 1. The highest BCUT2D eigenvalue weighted by atomic mass is 16.3. The first-order chi connectivity index (χ1) is 8.40. The fourth-order valence-electron chi connectivity index (χ4n) is 2.55. The van der Waals surface area contributed by atoms with E-state index in [0.717, 1.165) is 25.1 Å². The molecule has 1 fully saturated rings. The third-order valence-corrected chi connectivity index (χ3v) is 3.96. The van der Waals surface area contributed by atoms with Gasteiger partial charge in [-0.2, -0.15) is 0 Å². The van der Waals surface area contributed by atoms with Gasteiger partial charge in [-0.25, -0.2) is 0 Å². The summed E-state index contributed by atoms with van der Waals surface area (Å²) < 4.78 is 0. The maximum Gasteiger partial charge on any atom is 0.0624 e. The highest BCUT2D eigenvalue weighted by Gasteiger charge is 2.34. The third-order valence-electron chi connectivity index (χ3n) is 3.96. The summed E-state index contributed by atoms with van der Waals surface area (Å²) in [5.41, 5.74) is 8.20. The smallest absolute Gasteiger partial charge is 0.0624 e. The van der Waals surface area contributed by atoms with E-state index in [0.29, 0.717) is 0 Å². The van der Waals surface area contributed by atoms with Gasteiger partial charge in [0, 0.05) is 30.2 Å². The van der Waals surface area contributed by atoms with Crippen LogP contribution in [0.2, 0.25) is 0 Å². The molecule has 2 rings (SSSR count). The van der Waals surface area contributed by atoms with E-state index in [1.54, 1.807) is 0 Å². The Labute approximate surface area is 110 Å². The van der Waals surface area contributed by atoms with Crippen molar-refractivity contribution in [3.8, 4) is 0 Å². The second kappa shape index (κ2) is 4.90. The minimum atomic E-state index is -0.197. The number of hydrogen-bond acceptors (Lipinski definition) is 3. The summed E-state index contributed by atoms with van der Waals surface area (Å²) in [5, 5.41) is 9.98. The summed E-state index contributed by atoms with van der Waals surface area (Å²) in [7, 11) is 0. The first-order valence-corrected chi connectivity index (χ1v) is 6.69. The number of nitrogens with two attached hydrogens (primary N) is 1. The molecule has 0 radical (unpaired) electrons. The normalized spacial score (nSPS) is 24.9. The van der Waals surface area contributed by atoms with E-state index < -0.39 is 0 Å². The van der Waals surface area contributed by atoms with Gasteiger partial charge in [-0.3, -0.25) is 0 Å². The third kappa shape index (κ3) is 2.68. The Hall–Kier alpha value is -1.06. The number of benzene rings is 1. The zero-order chi connectivity index (χ0) is 13.3. The number of aliphatic hydroxyl groups excluding tert-OH is 1. The fourth-order valence-corrected chi connectivity index (χ4v) is 2.55. The van der Waals surface area contributed by atoms with Crippen molar-refractivity contribution in [1.29, 1.82) is 0 Å². The van der Waals surface area contributed by atoms with Crippen molar-refractivity contribution in [2.24, 2.45) is 11.1 Å². The fraction of sp³-hybridized carbons (Fsp3) is 0.600. The van der Waals surface area contributed by atoms with Crippen molar-refractivity contribution in [1.82, 2.24) is 0 Å². The molecule has 100 valence electrons. The zero-order valence-electron chi connectivity index (χ0n) is 11.6. The van der Waals surface area contributed by atoms with Gasteiger partial charge < -0.3 is 15.7 Å². The van der Waals surface area contributed by atoms with Crippen LogP contribution in [0.4, 0.5) is 5.69 Å². The molecule has 0 aromatic heterocycles. The number of aliphatic hydroxyl groups is 1. The predicted octanol–water partition coefficient (Wildman–Crippen LogP) is 2.30. The molecule has 2 unspecified atom stereocenters. The summed E-state index contributed by atoms with van der Waals surface area (Å²) in [5.74, 6) is 0. The molecule has 3 heteroatoms. The molecule has 1 heterocycles. The van der Waals surface area contributed by atoms with Crippen LogP contribution in [0.25, 0.3) is 0 Å². The average Bonchev–Trinajstić information content (AvgIpc) is 2.33. The maximum atomic E-state index is 9.98. The minimum Gasteiger partial charge on any atom is -0.392 e. The van der Waals surface area contributed by atoms with Crippen LogP contribution in [0.5, 0.6) is 0 Å². The van der Waals surface area contributed by atoms with Gasteiger partial charge in [0.15, 0.2) is 0 Å². The number of rotatable bonds is 2. The molecule has 3 nitrogen and oxygen atoms in total. The molecule has 0 aliphatic carbocycles. The van der Waals surface area contributed by atoms with E-state index in [4.69, 9.17) is 5.73 Å². The summed E-state index contributed by atoms with van der Waals surface area (Å²) in [6, 6.07) is 8.54. The van der Waals surface area contributed by atoms with Crippen molar-refractivity contribution in [2.75, 3.05) is 18.0 Å². The summed E-state index contributed by atoms with van der Waals surface area (Å²) in [4.78, 5) is 2.34. The largest absolute Gasteiger partial charge is 0.392 e. The molecule has 1 saturated heterocycles. The maximum absolute atomic E-state index is 9.98. The van der Waals surface area contributed by atoms with Gasteiger partial charge in [-0.15, -0.1) is 0 Å². The average molecular weight is 248 g/mol. The molecule has 0 amide bonds. The number of anilines is 1. The van der Waals surface area contributed by atoms with Crippen LogP contribution in [0.15, 0.2) is 24.3 Å². The van der Waals surface area contributed by atoms with Gasteiger partial charge in [0.1, 0.15) is 0 Å². The van der Waals surface area contributed by atoms with E-state index in [9.17, 15) is 5.11 Å². The predicted molar refractivity (Wildman–Crippen MR) is 75.7 cm³/mol. The van der Waals surface area contributed by atoms with Crippen LogP contribution in [0.1, 0.15) is 38.8 Å². The first kappa shape index (κ1) is 13.4. The van der Waals surface area contributed by atoms with Gasteiger partial charge in [-0.05, 0) is 31.0 Å². The Kier molecular flexibility index (Phi) is 3.64. The van der Waals surface area contributed by atoms with Crippen LogP contribution in [0, 0.1) is 5.41 Å². The van der Waals surface area contributed by atoms with Crippen molar-refractivity contribution >= 4 is 5.69 Å². The standard InChI is InChI=1S/C15H24N2O/c1-11(16)12-4-6-13(7-5-12)17-9-8-14(18)15(2,3)10-17/h4-7,11,14,18H,8-10,16H2,1-3H3. The summed E-state index contributed by atoms with van der Waals surface area (Å²) in [6.45, 7) is 8.06. The quantitative estimate of drug-likeness (QED) is 0.844. The van der Waals surface area contributed by atoms with Gasteiger partial charge in [0.05, 0.1) is 6.10 Å². The molecule has 1 aliphatic heterocycles. The van der Waals surface area contributed by atoms with Crippen LogP contribution in [-0.2, 0) is 0 Å². The van der Waals surface area contributed by atoms with Gasteiger partial charge in [0.25, 0.3) is 0 Å². The highest BCUT2D eigenvalue weighted by Crippen LogP contribution is 2.32. The molecule has 1 aliphatic rings. The van der Waals surface area contributed by atoms with Crippen molar-refractivity contribution < 1.29 is 5.11 Å². The lowest BCUT2D eigenvalue weighted by molar-refractivity contribution is 0.0336.